The summed E-state index contributed by atoms with van der Waals surface area (Å²) in [5.41, 5.74) is 6.40. The third-order valence-electron chi connectivity index (χ3n) is 4.00. The minimum atomic E-state index is -0.724. The number of urea groups is 1. The first kappa shape index (κ1) is 19.2. The molecule has 1 aromatic carbocycles. The van der Waals surface area contributed by atoms with Crippen LogP contribution in [0, 0.1) is 11.8 Å². The molecule has 2 aromatic rings. The van der Waals surface area contributed by atoms with Gasteiger partial charge in [-0.1, -0.05) is 23.4 Å². The molecule has 0 saturated carbocycles. The highest BCUT2D eigenvalue weighted by atomic mass is 35.5. The number of carbonyl (C=O) groups is 2. The molecule has 1 aromatic heterocycles. The van der Waals surface area contributed by atoms with Gasteiger partial charge in [-0.2, -0.15) is 0 Å². The number of nitrogens with two attached hydrogens (primary N) is 1. The normalized spacial score (nSPS) is 16.1. The number of hydrogen-bond donors (Lipinski definition) is 4. The molecule has 3 amide bonds. The van der Waals surface area contributed by atoms with Gasteiger partial charge in [-0.05, 0) is 49.7 Å². The van der Waals surface area contributed by atoms with E-state index in [2.05, 4.69) is 27.8 Å². The van der Waals surface area contributed by atoms with E-state index in [9.17, 15) is 9.59 Å². The smallest absolute Gasteiger partial charge is 0.316 e. The predicted molar refractivity (Wildman–Crippen MR) is 108 cm³/mol. The summed E-state index contributed by atoms with van der Waals surface area (Å²) in [6.07, 6.45) is 1.94. The molecule has 1 aliphatic rings. The van der Waals surface area contributed by atoms with E-state index >= 15 is 0 Å². The Morgan fingerprint density at radius 3 is 2.70 bits per heavy atom. The summed E-state index contributed by atoms with van der Waals surface area (Å²) in [4.78, 5) is 25.0. The average Bonchev–Trinajstić information content (AvgIpc) is 3.04. The summed E-state index contributed by atoms with van der Waals surface area (Å²) < 4.78 is 0. The van der Waals surface area contributed by atoms with Crippen LogP contribution in [0.4, 0.5) is 10.5 Å². The Morgan fingerprint density at radius 2 is 2.04 bits per heavy atom. The fourth-order valence-electron chi connectivity index (χ4n) is 2.74. The molecule has 2 heterocycles. The molecule has 140 valence electrons. The summed E-state index contributed by atoms with van der Waals surface area (Å²) >= 11 is 7.09. The maximum absolute atomic E-state index is 12.7. The van der Waals surface area contributed by atoms with Crippen LogP contribution in [0.3, 0.4) is 0 Å². The van der Waals surface area contributed by atoms with Crippen LogP contribution in [0.1, 0.15) is 33.0 Å². The van der Waals surface area contributed by atoms with E-state index in [0.29, 0.717) is 20.5 Å². The molecule has 1 unspecified atom stereocenters. The fraction of sp³-hybridized carbons (Fsp3) is 0.263. The molecular weight excluding hydrogens is 384 g/mol. The van der Waals surface area contributed by atoms with E-state index < -0.39 is 6.03 Å². The molecule has 1 atom stereocenters. The number of amides is 3. The highest BCUT2D eigenvalue weighted by Gasteiger charge is 2.21. The van der Waals surface area contributed by atoms with Gasteiger partial charge in [0.05, 0.1) is 10.6 Å². The largest absolute Gasteiger partial charge is 0.351 e. The zero-order valence-corrected chi connectivity index (χ0v) is 16.0. The lowest BCUT2D eigenvalue weighted by Crippen LogP contribution is -2.45. The minimum Gasteiger partial charge on any atom is -0.351 e. The van der Waals surface area contributed by atoms with Crippen LogP contribution in [0.2, 0.25) is 5.02 Å². The van der Waals surface area contributed by atoms with Gasteiger partial charge >= 0.3 is 6.03 Å². The number of piperidine rings is 1. The molecule has 1 aliphatic heterocycles. The average molecular weight is 403 g/mol. The predicted octanol–water partition coefficient (Wildman–Crippen LogP) is 2.77. The molecular formula is C19H19ClN4O2S. The fourth-order valence-corrected chi connectivity index (χ4v) is 3.74. The topological polar surface area (TPSA) is 96.2 Å². The summed E-state index contributed by atoms with van der Waals surface area (Å²) in [5.74, 6) is 5.79. The third-order valence-corrected chi connectivity index (χ3v) is 5.30. The molecule has 5 N–H and O–H groups in total. The van der Waals surface area contributed by atoms with Crippen molar-refractivity contribution in [3.8, 4) is 11.8 Å². The van der Waals surface area contributed by atoms with Gasteiger partial charge in [0.25, 0.3) is 5.91 Å². The van der Waals surface area contributed by atoms with Crippen LogP contribution in [0.25, 0.3) is 0 Å². The lowest BCUT2D eigenvalue weighted by atomic mass is 10.1. The van der Waals surface area contributed by atoms with Gasteiger partial charge in [0.2, 0.25) is 0 Å². The summed E-state index contributed by atoms with van der Waals surface area (Å²) in [7, 11) is 0. The lowest BCUT2D eigenvalue weighted by molar-refractivity contribution is 0.0935. The molecule has 27 heavy (non-hydrogen) atoms. The van der Waals surface area contributed by atoms with Crippen LogP contribution in [-0.4, -0.2) is 31.1 Å². The number of primary amides is 1. The van der Waals surface area contributed by atoms with Crippen molar-refractivity contribution in [1.82, 2.24) is 10.6 Å². The first-order valence-electron chi connectivity index (χ1n) is 8.51. The molecule has 0 bridgehead atoms. The summed E-state index contributed by atoms with van der Waals surface area (Å²) in [5, 5.41) is 9.39. The van der Waals surface area contributed by atoms with Crippen LogP contribution >= 0.6 is 22.9 Å². The minimum absolute atomic E-state index is 0.0679. The van der Waals surface area contributed by atoms with E-state index in [4.69, 9.17) is 17.3 Å². The molecule has 0 radical (unpaired) electrons. The first-order chi connectivity index (χ1) is 13.0. The van der Waals surface area contributed by atoms with Crippen LogP contribution in [0.5, 0.6) is 0 Å². The number of nitrogens with one attached hydrogen (secondary N) is 3. The second-order valence-corrected chi connectivity index (χ2v) is 7.60. The Kier molecular flexibility index (Phi) is 6.35. The quantitative estimate of drug-likeness (QED) is 0.594. The number of rotatable bonds is 3. The van der Waals surface area contributed by atoms with Gasteiger partial charge < -0.3 is 21.7 Å². The van der Waals surface area contributed by atoms with Gasteiger partial charge in [0, 0.05) is 23.2 Å². The Hall–Kier alpha value is -2.53. The van der Waals surface area contributed by atoms with Crippen molar-refractivity contribution >= 4 is 40.6 Å². The van der Waals surface area contributed by atoms with Gasteiger partial charge in [-0.15, -0.1) is 11.3 Å². The van der Waals surface area contributed by atoms with Crippen molar-refractivity contribution in [1.29, 1.82) is 0 Å². The van der Waals surface area contributed by atoms with E-state index in [1.54, 1.807) is 18.2 Å². The maximum Gasteiger partial charge on any atom is 0.316 e. The number of thiophene rings is 1. The Balaban J connectivity index is 1.81. The zero-order valence-electron chi connectivity index (χ0n) is 14.5. The Labute approximate surface area is 166 Å². The van der Waals surface area contributed by atoms with Crippen LogP contribution in [0.15, 0.2) is 30.3 Å². The lowest BCUT2D eigenvalue weighted by Gasteiger charge is -2.23. The van der Waals surface area contributed by atoms with E-state index in [1.807, 2.05) is 12.1 Å². The van der Waals surface area contributed by atoms with Gasteiger partial charge in [0.1, 0.15) is 4.88 Å². The first-order valence-corrected chi connectivity index (χ1v) is 9.70. The van der Waals surface area contributed by atoms with Gasteiger partial charge in [0.15, 0.2) is 0 Å². The van der Waals surface area contributed by atoms with E-state index in [1.165, 1.54) is 11.3 Å². The van der Waals surface area contributed by atoms with E-state index in [0.717, 1.165) is 31.5 Å². The number of halogens is 1. The highest BCUT2D eigenvalue weighted by molar-refractivity contribution is 7.15. The summed E-state index contributed by atoms with van der Waals surface area (Å²) in [6.45, 7) is 1.70. The molecule has 8 heteroatoms. The standard InChI is InChI=1S/C19H19ClN4O2S/c20-13-6-3-12(4-7-13)5-8-15-10-16(24-19(21)26)17(27-15)18(25)23-14-2-1-9-22-11-14/h3-4,6-7,10,14,22H,1-2,9,11H2,(H,23,25)(H3,21,24,26). The molecule has 1 saturated heterocycles. The molecule has 1 fully saturated rings. The molecule has 6 nitrogen and oxygen atoms in total. The van der Waals surface area contributed by atoms with Gasteiger partial charge in [-0.25, -0.2) is 4.79 Å². The Bertz CT molecular complexity index is 893. The van der Waals surface area contributed by atoms with Crippen molar-refractivity contribution in [2.45, 2.75) is 18.9 Å². The van der Waals surface area contributed by atoms with Crippen molar-refractivity contribution < 1.29 is 9.59 Å². The van der Waals surface area contributed by atoms with Crippen LogP contribution < -0.4 is 21.7 Å². The van der Waals surface area contributed by atoms with Crippen molar-refractivity contribution in [3.63, 3.8) is 0 Å². The molecule has 3 rings (SSSR count). The van der Waals surface area contributed by atoms with E-state index in [-0.39, 0.29) is 11.9 Å². The second kappa shape index (κ2) is 8.91. The second-order valence-electron chi connectivity index (χ2n) is 6.12. The number of benzene rings is 1. The molecule has 0 aliphatic carbocycles. The van der Waals surface area contributed by atoms with Gasteiger partial charge in [-0.3, -0.25) is 4.79 Å². The third kappa shape index (κ3) is 5.47. The number of carbonyl (C=O) groups excluding carboxylic acids is 2. The number of anilines is 1. The van der Waals surface area contributed by atoms with Crippen LogP contribution in [-0.2, 0) is 0 Å². The molecule has 0 spiro atoms. The Morgan fingerprint density at radius 1 is 1.26 bits per heavy atom. The highest BCUT2D eigenvalue weighted by Crippen LogP contribution is 2.27. The van der Waals surface area contributed by atoms with Crippen molar-refractivity contribution in [2.75, 3.05) is 18.4 Å². The zero-order chi connectivity index (χ0) is 19.2. The monoisotopic (exact) mass is 402 g/mol. The SMILES string of the molecule is NC(=O)Nc1cc(C#Cc2ccc(Cl)cc2)sc1C(=O)NC1CCCNC1. The van der Waals surface area contributed by atoms with Crippen molar-refractivity contribution in [2.24, 2.45) is 5.73 Å². The van der Waals surface area contributed by atoms with Crippen molar-refractivity contribution in [3.05, 3.63) is 50.7 Å². The summed E-state index contributed by atoms with van der Waals surface area (Å²) in [6, 6.07) is 8.15. The maximum atomic E-state index is 12.7. The number of hydrogen-bond acceptors (Lipinski definition) is 4.